The summed E-state index contributed by atoms with van der Waals surface area (Å²) >= 11 is 0. The molecule has 2 heterocycles. The molecule has 2 aliphatic heterocycles. The van der Waals surface area contributed by atoms with Gasteiger partial charge in [-0.2, -0.15) is 9.41 Å². The van der Waals surface area contributed by atoms with Crippen molar-refractivity contribution in [2.24, 2.45) is 5.10 Å². The number of sulfonamides is 1. The Morgan fingerprint density at radius 2 is 1.62 bits per heavy atom. The maximum Gasteiger partial charge on any atom is 0.271 e. The number of rotatable bonds is 6. The van der Waals surface area contributed by atoms with Gasteiger partial charge in [0.15, 0.2) is 0 Å². The summed E-state index contributed by atoms with van der Waals surface area (Å²) in [5.74, 6) is -0.657. The van der Waals surface area contributed by atoms with Gasteiger partial charge >= 0.3 is 0 Å². The van der Waals surface area contributed by atoms with Crippen molar-refractivity contribution in [3.8, 4) is 0 Å². The lowest BCUT2D eigenvalue weighted by Gasteiger charge is -2.27. The second kappa shape index (κ2) is 9.62. The molecule has 168 valence electrons. The summed E-state index contributed by atoms with van der Waals surface area (Å²) < 4.78 is 27.8. The van der Waals surface area contributed by atoms with Crippen molar-refractivity contribution in [2.45, 2.75) is 43.5 Å². The van der Waals surface area contributed by atoms with Gasteiger partial charge in [-0.15, -0.1) is 0 Å². The standard InChI is InChI=1S/C23H26N4O4S/c28-22-14-13-20(25-27(22)17-18-9-3-1-4-10-18)23(29)24-19-11-5-6-12-21(19)32(30,31)26-15-7-2-8-16-26/h1,3-6,9-12H,2,7-8,13-17H2,(H,24,29). The lowest BCUT2D eigenvalue weighted by molar-refractivity contribution is -0.132. The van der Waals surface area contributed by atoms with Crippen molar-refractivity contribution >= 4 is 33.2 Å². The van der Waals surface area contributed by atoms with Crippen LogP contribution in [0, 0.1) is 0 Å². The average Bonchev–Trinajstić information content (AvgIpc) is 2.82. The Labute approximate surface area is 188 Å². The monoisotopic (exact) mass is 454 g/mol. The normalized spacial score (nSPS) is 17.7. The maximum absolute atomic E-state index is 13.2. The summed E-state index contributed by atoms with van der Waals surface area (Å²) in [6.45, 7) is 1.23. The third-order valence-corrected chi connectivity index (χ3v) is 7.57. The first-order valence-corrected chi connectivity index (χ1v) is 12.2. The summed E-state index contributed by atoms with van der Waals surface area (Å²) in [4.78, 5) is 25.3. The summed E-state index contributed by atoms with van der Waals surface area (Å²) in [7, 11) is -3.72. The summed E-state index contributed by atoms with van der Waals surface area (Å²) in [5, 5.41) is 8.27. The summed E-state index contributed by atoms with van der Waals surface area (Å²) in [6.07, 6.45) is 3.05. The molecule has 0 radical (unpaired) electrons. The van der Waals surface area contributed by atoms with Crippen molar-refractivity contribution < 1.29 is 18.0 Å². The van der Waals surface area contributed by atoms with E-state index in [4.69, 9.17) is 0 Å². The molecule has 0 bridgehead atoms. The van der Waals surface area contributed by atoms with Crippen molar-refractivity contribution in [1.82, 2.24) is 9.31 Å². The molecule has 0 aromatic heterocycles. The van der Waals surface area contributed by atoms with Crippen LogP contribution in [0.3, 0.4) is 0 Å². The van der Waals surface area contributed by atoms with Gasteiger partial charge in [0.2, 0.25) is 15.9 Å². The quantitative estimate of drug-likeness (QED) is 0.725. The molecule has 8 nitrogen and oxygen atoms in total. The van der Waals surface area contributed by atoms with Gasteiger partial charge in [0.25, 0.3) is 5.91 Å². The predicted molar refractivity (Wildman–Crippen MR) is 121 cm³/mol. The van der Waals surface area contributed by atoms with Crippen LogP contribution < -0.4 is 5.32 Å². The van der Waals surface area contributed by atoms with Crippen LogP contribution in [0.5, 0.6) is 0 Å². The summed E-state index contributed by atoms with van der Waals surface area (Å²) in [6, 6.07) is 15.8. The van der Waals surface area contributed by atoms with Crippen LogP contribution in [0.2, 0.25) is 0 Å². The average molecular weight is 455 g/mol. The molecule has 0 unspecified atom stereocenters. The Morgan fingerprint density at radius 1 is 0.938 bits per heavy atom. The van der Waals surface area contributed by atoms with Crippen LogP contribution >= 0.6 is 0 Å². The molecule has 0 atom stereocenters. The van der Waals surface area contributed by atoms with Crippen molar-refractivity contribution in [3.05, 3.63) is 60.2 Å². The van der Waals surface area contributed by atoms with Gasteiger partial charge < -0.3 is 5.32 Å². The van der Waals surface area contributed by atoms with E-state index in [0.29, 0.717) is 13.1 Å². The van der Waals surface area contributed by atoms with Crippen molar-refractivity contribution in [1.29, 1.82) is 0 Å². The van der Waals surface area contributed by atoms with E-state index in [1.165, 1.54) is 15.4 Å². The molecular formula is C23H26N4O4S. The molecule has 1 fully saturated rings. The van der Waals surface area contributed by atoms with E-state index in [1.807, 2.05) is 30.3 Å². The predicted octanol–water partition coefficient (Wildman–Crippen LogP) is 2.98. The molecule has 2 aliphatic rings. The molecule has 0 aliphatic carbocycles. The molecule has 2 amide bonds. The number of nitrogens with one attached hydrogen (secondary N) is 1. The zero-order chi connectivity index (χ0) is 22.6. The number of hydrazone groups is 1. The van der Waals surface area contributed by atoms with E-state index >= 15 is 0 Å². The highest BCUT2D eigenvalue weighted by Crippen LogP contribution is 2.27. The number of nitrogens with zero attached hydrogens (tertiary/aromatic N) is 3. The van der Waals surface area contributed by atoms with Crippen LogP contribution in [-0.4, -0.2) is 48.3 Å². The number of carbonyl (C=O) groups is 2. The zero-order valence-electron chi connectivity index (χ0n) is 17.7. The number of benzene rings is 2. The minimum Gasteiger partial charge on any atom is -0.320 e. The topological polar surface area (TPSA) is 99.2 Å². The van der Waals surface area contributed by atoms with Gasteiger partial charge in [-0.3, -0.25) is 9.59 Å². The number of hydrogen-bond acceptors (Lipinski definition) is 5. The Kier molecular flexibility index (Phi) is 6.66. The van der Waals surface area contributed by atoms with Gasteiger partial charge in [-0.05, 0) is 30.5 Å². The Morgan fingerprint density at radius 3 is 2.38 bits per heavy atom. The lowest BCUT2D eigenvalue weighted by atomic mass is 10.1. The molecule has 1 saturated heterocycles. The van der Waals surface area contributed by atoms with Crippen LogP contribution in [-0.2, 0) is 26.2 Å². The van der Waals surface area contributed by atoms with E-state index in [9.17, 15) is 18.0 Å². The van der Waals surface area contributed by atoms with Gasteiger partial charge in [0.05, 0.1) is 12.2 Å². The molecule has 2 aromatic carbocycles. The van der Waals surface area contributed by atoms with Crippen molar-refractivity contribution in [2.75, 3.05) is 18.4 Å². The third kappa shape index (κ3) is 4.89. The molecule has 9 heteroatoms. The van der Waals surface area contributed by atoms with Gasteiger partial charge in [-0.25, -0.2) is 13.4 Å². The number of anilines is 1. The third-order valence-electron chi connectivity index (χ3n) is 5.61. The highest BCUT2D eigenvalue weighted by atomic mass is 32.2. The van der Waals surface area contributed by atoms with Crippen LogP contribution in [0.4, 0.5) is 5.69 Å². The number of piperidine rings is 1. The van der Waals surface area contributed by atoms with Gasteiger partial charge in [0, 0.05) is 25.9 Å². The van der Waals surface area contributed by atoms with Gasteiger partial charge in [-0.1, -0.05) is 48.9 Å². The fourth-order valence-electron chi connectivity index (χ4n) is 3.88. The molecule has 0 spiro atoms. The minimum absolute atomic E-state index is 0.0730. The first-order chi connectivity index (χ1) is 15.4. The van der Waals surface area contributed by atoms with E-state index in [0.717, 1.165) is 24.8 Å². The van der Waals surface area contributed by atoms with Crippen LogP contribution in [0.25, 0.3) is 0 Å². The van der Waals surface area contributed by atoms with Gasteiger partial charge in [0.1, 0.15) is 10.6 Å². The largest absolute Gasteiger partial charge is 0.320 e. The highest BCUT2D eigenvalue weighted by molar-refractivity contribution is 7.89. The Balaban J connectivity index is 1.54. The zero-order valence-corrected chi connectivity index (χ0v) is 18.6. The van der Waals surface area contributed by atoms with E-state index in [1.54, 1.807) is 18.2 Å². The first kappa shape index (κ1) is 22.2. The molecule has 0 saturated carbocycles. The molecule has 4 rings (SSSR count). The molecule has 2 aromatic rings. The highest BCUT2D eigenvalue weighted by Gasteiger charge is 2.30. The maximum atomic E-state index is 13.2. The molecule has 1 N–H and O–H groups in total. The van der Waals surface area contributed by atoms with E-state index in [-0.39, 0.29) is 41.6 Å². The Bertz CT molecular complexity index is 1130. The number of amides is 2. The van der Waals surface area contributed by atoms with E-state index < -0.39 is 15.9 Å². The van der Waals surface area contributed by atoms with Crippen molar-refractivity contribution in [3.63, 3.8) is 0 Å². The second-order valence-electron chi connectivity index (χ2n) is 7.90. The first-order valence-electron chi connectivity index (χ1n) is 10.8. The fourth-order valence-corrected chi connectivity index (χ4v) is 5.54. The molecular weight excluding hydrogens is 428 g/mol. The Hall–Kier alpha value is -3.04. The molecule has 32 heavy (non-hydrogen) atoms. The smallest absolute Gasteiger partial charge is 0.271 e. The number of hydrogen-bond donors (Lipinski definition) is 1. The lowest BCUT2D eigenvalue weighted by Crippen LogP contribution is -2.37. The SMILES string of the molecule is O=C(Nc1ccccc1S(=O)(=O)N1CCCCC1)C1=NN(Cc2ccccc2)C(=O)CC1. The second-order valence-corrected chi connectivity index (χ2v) is 9.81. The minimum atomic E-state index is -3.72. The number of para-hydroxylation sites is 1. The van der Waals surface area contributed by atoms with Crippen LogP contribution in [0.15, 0.2) is 64.6 Å². The fraction of sp³-hybridized carbons (Fsp3) is 0.348. The van der Waals surface area contributed by atoms with Crippen LogP contribution in [0.1, 0.15) is 37.7 Å². The van der Waals surface area contributed by atoms with E-state index in [2.05, 4.69) is 10.4 Å². The summed E-state index contributed by atoms with van der Waals surface area (Å²) in [5.41, 5.74) is 1.33. The number of carbonyl (C=O) groups excluding carboxylic acids is 2.